The molecule has 0 radical (unpaired) electrons. The summed E-state index contributed by atoms with van der Waals surface area (Å²) in [7, 11) is 0. The molecule has 3 rings (SSSR count). The van der Waals surface area contributed by atoms with Crippen molar-refractivity contribution in [3.05, 3.63) is 82.4 Å². The summed E-state index contributed by atoms with van der Waals surface area (Å²) in [5, 5.41) is 3.22. The number of ether oxygens (including phenoxy) is 3. The first kappa shape index (κ1) is 32.5. The molecule has 0 unspecified atom stereocenters. The number of hydrogen-bond donors (Lipinski definition) is 1. The molecule has 1 fully saturated rings. The number of anilines is 1. The summed E-state index contributed by atoms with van der Waals surface area (Å²) in [6, 6.07) is 11.5. The van der Waals surface area contributed by atoms with Gasteiger partial charge >= 0.3 is 12.6 Å². The van der Waals surface area contributed by atoms with Crippen LogP contribution in [0.2, 0.25) is 0 Å². The largest absolute Gasteiger partial charge is 0.489 e. The van der Waals surface area contributed by atoms with Gasteiger partial charge < -0.3 is 19.5 Å². The maximum absolute atomic E-state index is 13.0. The highest BCUT2D eigenvalue weighted by Crippen LogP contribution is 2.39. The van der Waals surface area contributed by atoms with Crippen LogP contribution < -0.4 is 14.8 Å². The molecule has 1 saturated carbocycles. The van der Waals surface area contributed by atoms with Gasteiger partial charge in [0.05, 0.1) is 6.61 Å². The van der Waals surface area contributed by atoms with Crippen molar-refractivity contribution in [1.29, 1.82) is 0 Å². The molecule has 1 aliphatic carbocycles. The van der Waals surface area contributed by atoms with Gasteiger partial charge in [0, 0.05) is 27.1 Å². The van der Waals surface area contributed by atoms with E-state index in [1.54, 1.807) is 36.9 Å². The number of hydrogen-bond acceptors (Lipinski definition) is 6. The van der Waals surface area contributed by atoms with Crippen molar-refractivity contribution in [3.8, 4) is 11.5 Å². The number of nitrogens with one attached hydrogen (secondary N) is 1. The van der Waals surface area contributed by atoms with Gasteiger partial charge in [-0.1, -0.05) is 48.0 Å². The van der Waals surface area contributed by atoms with E-state index in [4.69, 9.17) is 32.7 Å². The first-order valence-electron chi connectivity index (χ1n) is 12.8. The van der Waals surface area contributed by atoms with Crippen LogP contribution in [0.15, 0.2) is 81.7 Å². The van der Waals surface area contributed by atoms with Crippen molar-refractivity contribution in [3.63, 3.8) is 0 Å². The Morgan fingerprint density at radius 1 is 1.15 bits per heavy atom. The van der Waals surface area contributed by atoms with Gasteiger partial charge in [0.1, 0.15) is 12.5 Å². The van der Waals surface area contributed by atoms with E-state index in [0.717, 1.165) is 17.7 Å². The van der Waals surface area contributed by atoms with Gasteiger partial charge in [-0.15, -0.1) is 11.8 Å². The molecule has 0 spiro atoms. The molecule has 6 nitrogen and oxygen atoms in total. The topological polar surface area (TPSA) is 73.9 Å². The number of benzene rings is 2. The van der Waals surface area contributed by atoms with Crippen LogP contribution in [0.1, 0.15) is 44.3 Å². The Hall–Kier alpha value is -3.01. The zero-order valence-corrected chi connectivity index (χ0v) is 25.0. The fourth-order valence-corrected chi connectivity index (χ4v) is 4.57. The van der Waals surface area contributed by atoms with Crippen LogP contribution >= 0.6 is 35.0 Å². The number of rotatable bonds is 15. The summed E-state index contributed by atoms with van der Waals surface area (Å²) in [5.41, 5.74) is 1.38. The van der Waals surface area contributed by atoms with Crippen LogP contribution in [0.5, 0.6) is 11.5 Å². The number of carbonyl (C=O) groups excluding carboxylic acids is 2. The van der Waals surface area contributed by atoms with Gasteiger partial charge in [-0.3, -0.25) is 9.59 Å². The predicted octanol–water partition coefficient (Wildman–Crippen LogP) is 8.62. The standard InChI is InChI=1S/C30H31Cl2F2NO5S/c1-4-23(31)22(24(32)5-2)15-26(39-29(37)16-28(36)35-20-9-11-21(41-3)12-10-20)19-8-13-25(40-30(33)34)27(14-19)38-17-18-6-7-18/h4-5,8-14,18,26,30H,1,6-7,15-17H2,2-3H3,(H,35,36)/b23-22+,24-5+/t26-/m0/s1. The quantitative estimate of drug-likeness (QED) is 0.0924. The van der Waals surface area contributed by atoms with Crippen LogP contribution in [0.25, 0.3) is 0 Å². The summed E-state index contributed by atoms with van der Waals surface area (Å²) in [5.74, 6) is -1.10. The SMILES string of the molecule is C=C/C(Cl)=C(C[C@H](OC(=O)CC(=O)Nc1ccc(SC)cc1)c1ccc(OC(F)F)c(OCC2CC2)c1)\C(Cl)=C/C. The highest BCUT2D eigenvalue weighted by molar-refractivity contribution is 7.98. The lowest BCUT2D eigenvalue weighted by Gasteiger charge is -2.22. The molecule has 41 heavy (non-hydrogen) atoms. The van der Waals surface area contributed by atoms with Crippen LogP contribution in [-0.2, 0) is 14.3 Å². The molecular weight excluding hydrogens is 595 g/mol. The minimum absolute atomic E-state index is 0.00858. The molecule has 1 N–H and O–H groups in total. The van der Waals surface area contributed by atoms with Crippen molar-refractivity contribution in [1.82, 2.24) is 0 Å². The van der Waals surface area contributed by atoms with E-state index in [1.165, 1.54) is 24.3 Å². The number of carbonyl (C=O) groups is 2. The Balaban J connectivity index is 1.86. The van der Waals surface area contributed by atoms with Crippen molar-refractivity contribution in [2.45, 2.75) is 50.2 Å². The minimum Gasteiger partial charge on any atom is -0.489 e. The summed E-state index contributed by atoms with van der Waals surface area (Å²) in [4.78, 5) is 26.6. The molecule has 0 aromatic heterocycles. The number of halogens is 4. The summed E-state index contributed by atoms with van der Waals surface area (Å²) in [6.45, 7) is 2.68. The molecule has 1 atom stereocenters. The highest BCUT2D eigenvalue weighted by atomic mass is 35.5. The number of allylic oxidation sites excluding steroid dienone is 4. The smallest absolute Gasteiger partial charge is 0.387 e. The molecule has 220 valence electrons. The fourth-order valence-electron chi connectivity index (χ4n) is 3.75. The second-order valence-electron chi connectivity index (χ2n) is 9.14. The van der Waals surface area contributed by atoms with Crippen molar-refractivity contribution < 1.29 is 32.6 Å². The summed E-state index contributed by atoms with van der Waals surface area (Å²) < 4.78 is 42.3. The second kappa shape index (κ2) is 15.8. The number of alkyl halides is 2. The van der Waals surface area contributed by atoms with Crippen LogP contribution in [0, 0.1) is 5.92 Å². The molecule has 0 heterocycles. The van der Waals surface area contributed by atoms with Gasteiger partial charge in [-0.05, 0) is 79.5 Å². The molecule has 0 saturated heterocycles. The zero-order chi connectivity index (χ0) is 29.9. The van der Waals surface area contributed by atoms with Crippen LogP contribution in [0.4, 0.5) is 14.5 Å². The number of esters is 1. The third-order valence-electron chi connectivity index (χ3n) is 6.08. The van der Waals surface area contributed by atoms with Crippen LogP contribution in [-0.4, -0.2) is 31.4 Å². The fraction of sp³-hybridized carbons (Fsp3) is 0.333. The minimum atomic E-state index is -3.05. The Kier molecular flexibility index (Phi) is 12.6. The predicted molar refractivity (Wildman–Crippen MR) is 159 cm³/mol. The molecule has 1 amide bonds. The lowest BCUT2D eigenvalue weighted by atomic mass is 9.99. The van der Waals surface area contributed by atoms with E-state index in [9.17, 15) is 18.4 Å². The summed E-state index contributed by atoms with van der Waals surface area (Å²) in [6.07, 6.45) is 5.39. The lowest BCUT2D eigenvalue weighted by Crippen LogP contribution is -2.20. The Morgan fingerprint density at radius 3 is 2.44 bits per heavy atom. The Bertz CT molecular complexity index is 1300. The van der Waals surface area contributed by atoms with E-state index >= 15 is 0 Å². The molecule has 1 aliphatic rings. The second-order valence-corrected chi connectivity index (χ2v) is 10.8. The van der Waals surface area contributed by atoms with E-state index < -0.39 is 31.0 Å². The van der Waals surface area contributed by atoms with Gasteiger partial charge in [0.2, 0.25) is 5.91 Å². The molecule has 11 heteroatoms. The highest BCUT2D eigenvalue weighted by Gasteiger charge is 2.26. The first-order chi connectivity index (χ1) is 19.6. The third kappa shape index (κ3) is 10.4. The maximum Gasteiger partial charge on any atom is 0.387 e. The Morgan fingerprint density at radius 2 is 1.85 bits per heavy atom. The molecule has 2 aromatic rings. The van der Waals surface area contributed by atoms with E-state index in [0.29, 0.717) is 34.4 Å². The average molecular weight is 627 g/mol. The van der Waals surface area contributed by atoms with Gasteiger partial charge in [0.15, 0.2) is 11.5 Å². The van der Waals surface area contributed by atoms with Gasteiger partial charge in [-0.2, -0.15) is 8.78 Å². The zero-order valence-electron chi connectivity index (χ0n) is 22.6. The monoisotopic (exact) mass is 625 g/mol. The average Bonchev–Trinajstić information content (AvgIpc) is 3.78. The molecule has 2 aromatic carbocycles. The van der Waals surface area contributed by atoms with Gasteiger partial charge in [-0.25, -0.2) is 0 Å². The lowest BCUT2D eigenvalue weighted by molar-refractivity contribution is -0.150. The van der Waals surface area contributed by atoms with Crippen LogP contribution in [0.3, 0.4) is 0 Å². The molecular formula is C30H31Cl2F2NO5S. The third-order valence-corrected chi connectivity index (χ3v) is 7.65. The van der Waals surface area contributed by atoms with E-state index in [1.807, 2.05) is 18.4 Å². The van der Waals surface area contributed by atoms with Crippen molar-refractivity contribution >= 4 is 52.5 Å². The maximum atomic E-state index is 13.0. The normalized spacial score (nSPS) is 14.7. The van der Waals surface area contributed by atoms with E-state index in [-0.39, 0.29) is 23.0 Å². The van der Waals surface area contributed by atoms with Gasteiger partial charge in [0.25, 0.3) is 0 Å². The Labute approximate surface area is 252 Å². The molecule has 0 aliphatic heterocycles. The van der Waals surface area contributed by atoms with E-state index in [2.05, 4.69) is 16.6 Å². The number of amides is 1. The molecule has 0 bridgehead atoms. The number of thioether (sulfide) groups is 1. The van der Waals surface area contributed by atoms with Crippen molar-refractivity contribution in [2.75, 3.05) is 18.2 Å². The van der Waals surface area contributed by atoms with Crippen molar-refractivity contribution in [2.24, 2.45) is 5.92 Å². The summed E-state index contributed by atoms with van der Waals surface area (Å²) >= 11 is 14.4. The first-order valence-corrected chi connectivity index (χ1v) is 14.8.